The van der Waals surface area contributed by atoms with Crippen molar-refractivity contribution in [2.45, 2.75) is 31.8 Å². The van der Waals surface area contributed by atoms with Gasteiger partial charge in [-0.2, -0.15) is 0 Å². The lowest BCUT2D eigenvalue weighted by molar-refractivity contribution is -0.138. The van der Waals surface area contributed by atoms with Gasteiger partial charge in [-0.15, -0.1) is 11.3 Å². The van der Waals surface area contributed by atoms with Crippen molar-refractivity contribution in [3.05, 3.63) is 21.9 Å². The van der Waals surface area contributed by atoms with Gasteiger partial charge in [0.1, 0.15) is 0 Å². The maximum atomic E-state index is 12.1. The molecule has 2 atom stereocenters. The Morgan fingerprint density at radius 1 is 1.61 bits per heavy atom. The van der Waals surface area contributed by atoms with E-state index in [1.165, 1.54) is 10.4 Å². The van der Waals surface area contributed by atoms with E-state index in [1.807, 2.05) is 4.90 Å². The summed E-state index contributed by atoms with van der Waals surface area (Å²) in [5.41, 5.74) is 7.46. The SMILES string of the molecule is COCCN1C(=O)CCC(N)C1c1sccc1C. The van der Waals surface area contributed by atoms with Gasteiger partial charge in [0.2, 0.25) is 5.91 Å². The molecular formula is C13H20N2O2S. The molecule has 2 unspecified atom stereocenters. The zero-order valence-electron chi connectivity index (χ0n) is 10.9. The Balaban J connectivity index is 2.26. The summed E-state index contributed by atoms with van der Waals surface area (Å²) in [4.78, 5) is 15.2. The number of hydrogen-bond donors (Lipinski definition) is 1. The highest BCUT2D eigenvalue weighted by atomic mass is 32.1. The van der Waals surface area contributed by atoms with Crippen LogP contribution in [0.4, 0.5) is 0 Å². The van der Waals surface area contributed by atoms with Gasteiger partial charge in [0, 0.05) is 31.0 Å². The summed E-state index contributed by atoms with van der Waals surface area (Å²) in [6.07, 6.45) is 1.32. The van der Waals surface area contributed by atoms with Crippen LogP contribution in [0.5, 0.6) is 0 Å². The Kier molecular flexibility index (Phi) is 4.37. The summed E-state index contributed by atoms with van der Waals surface area (Å²) in [6, 6.07) is 2.12. The number of aryl methyl sites for hydroxylation is 1. The molecule has 1 aromatic heterocycles. The maximum absolute atomic E-state index is 12.1. The fourth-order valence-corrected chi connectivity index (χ4v) is 3.57. The zero-order chi connectivity index (χ0) is 13.1. The Morgan fingerprint density at radius 3 is 3.00 bits per heavy atom. The number of hydrogen-bond acceptors (Lipinski definition) is 4. The molecule has 18 heavy (non-hydrogen) atoms. The van der Waals surface area contributed by atoms with Crippen LogP contribution in [0.3, 0.4) is 0 Å². The Labute approximate surface area is 112 Å². The summed E-state index contributed by atoms with van der Waals surface area (Å²) in [7, 11) is 1.65. The second-order valence-electron chi connectivity index (χ2n) is 4.70. The van der Waals surface area contributed by atoms with E-state index in [-0.39, 0.29) is 18.0 Å². The van der Waals surface area contributed by atoms with Crippen LogP contribution in [0.2, 0.25) is 0 Å². The molecule has 2 heterocycles. The Bertz CT molecular complexity index is 419. The molecule has 0 saturated carbocycles. The molecule has 1 saturated heterocycles. The number of likely N-dealkylation sites (tertiary alicyclic amines) is 1. The number of nitrogens with zero attached hydrogens (tertiary/aromatic N) is 1. The standard InChI is InChI=1S/C13H20N2O2S/c1-9-5-8-18-13(9)12-10(14)3-4-11(16)15(12)6-7-17-2/h5,8,10,12H,3-4,6-7,14H2,1-2H3. The van der Waals surface area contributed by atoms with E-state index < -0.39 is 0 Å². The molecular weight excluding hydrogens is 248 g/mol. The van der Waals surface area contributed by atoms with Crippen LogP contribution < -0.4 is 5.73 Å². The number of rotatable bonds is 4. The maximum Gasteiger partial charge on any atom is 0.223 e. The number of amides is 1. The topological polar surface area (TPSA) is 55.6 Å². The number of ether oxygens (including phenoxy) is 1. The van der Waals surface area contributed by atoms with Gasteiger partial charge in [-0.25, -0.2) is 0 Å². The molecule has 5 heteroatoms. The molecule has 1 fully saturated rings. The van der Waals surface area contributed by atoms with Crippen LogP contribution >= 0.6 is 11.3 Å². The smallest absolute Gasteiger partial charge is 0.223 e. The monoisotopic (exact) mass is 268 g/mol. The highest BCUT2D eigenvalue weighted by Crippen LogP contribution is 2.35. The van der Waals surface area contributed by atoms with Crippen LogP contribution in [-0.4, -0.2) is 37.1 Å². The van der Waals surface area contributed by atoms with Crippen molar-refractivity contribution in [3.8, 4) is 0 Å². The van der Waals surface area contributed by atoms with Crippen LogP contribution in [0, 0.1) is 6.92 Å². The minimum absolute atomic E-state index is 0.0152. The molecule has 0 radical (unpaired) electrons. The number of methoxy groups -OCH3 is 1. The second-order valence-corrected chi connectivity index (χ2v) is 5.64. The van der Waals surface area contributed by atoms with Crippen molar-refractivity contribution in [3.63, 3.8) is 0 Å². The third-order valence-corrected chi connectivity index (χ3v) is 4.55. The summed E-state index contributed by atoms with van der Waals surface area (Å²) < 4.78 is 5.09. The van der Waals surface area contributed by atoms with Gasteiger partial charge in [-0.1, -0.05) is 0 Å². The highest BCUT2D eigenvalue weighted by molar-refractivity contribution is 7.10. The minimum atomic E-state index is 0.0152. The Hall–Kier alpha value is -0.910. The van der Waals surface area contributed by atoms with E-state index in [1.54, 1.807) is 18.4 Å². The van der Waals surface area contributed by atoms with Gasteiger partial charge >= 0.3 is 0 Å². The second kappa shape index (κ2) is 5.82. The number of piperidine rings is 1. The predicted octanol–water partition coefficient (Wildman–Crippen LogP) is 1.69. The number of thiophene rings is 1. The molecule has 4 nitrogen and oxygen atoms in total. The molecule has 0 spiro atoms. The molecule has 100 valence electrons. The zero-order valence-corrected chi connectivity index (χ0v) is 11.7. The van der Waals surface area contributed by atoms with E-state index in [4.69, 9.17) is 10.5 Å². The lowest BCUT2D eigenvalue weighted by atomic mass is 9.93. The quantitative estimate of drug-likeness (QED) is 0.904. The first-order valence-corrected chi connectivity index (χ1v) is 7.11. The van der Waals surface area contributed by atoms with E-state index in [0.29, 0.717) is 19.6 Å². The lowest BCUT2D eigenvalue weighted by Crippen LogP contribution is -2.49. The van der Waals surface area contributed by atoms with Crippen LogP contribution in [0.25, 0.3) is 0 Å². The molecule has 2 rings (SSSR count). The fraction of sp³-hybridized carbons (Fsp3) is 0.615. The summed E-state index contributed by atoms with van der Waals surface area (Å²) >= 11 is 1.68. The van der Waals surface area contributed by atoms with E-state index in [0.717, 1.165) is 6.42 Å². The van der Waals surface area contributed by atoms with Crippen molar-refractivity contribution >= 4 is 17.2 Å². The summed E-state index contributed by atoms with van der Waals surface area (Å²) in [5.74, 6) is 0.187. The van der Waals surface area contributed by atoms with E-state index in [9.17, 15) is 4.79 Å². The summed E-state index contributed by atoms with van der Waals surface area (Å²) in [5, 5.41) is 2.06. The normalized spacial score (nSPS) is 24.6. The lowest BCUT2D eigenvalue weighted by Gasteiger charge is -2.39. The number of nitrogens with two attached hydrogens (primary N) is 1. The predicted molar refractivity (Wildman–Crippen MR) is 72.6 cm³/mol. The molecule has 2 N–H and O–H groups in total. The molecule has 0 bridgehead atoms. The van der Waals surface area contributed by atoms with Gasteiger partial charge in [0.05, 0.1) is 12.6 Å². The van der Waals surface area contributed by atoms with Gasteiger partial charge in [0.15, 0.2) is 0 Å². The van der Waals surface area contributed by atoms with E-state index in [2.05, 4.69) is 18.4 Å². The van der Waals surface area contributed by atoms with Crippen LogP contribution in [-0.2, 0) is 9.53 Å². The van der Waals surface area contributed by atoms with Crippen molar-refractivity contribution in [1.29, 1.82) is 0 Å². The van der Waals surface area contributed by atoms with Crippen molar-refractivity contribution < 1.29 is 9.53 Å². The third-order valence-electron chi connectivity index (χ3n) is 3.46. The average molecular weight is 268 g/mol. The minimum Gasteiger partial charge on any atom is -0.383 e. The summed E-state index contributed by atoms with van der Waals surface area (Å²) in [6.45, 7) is 3.25. The van der Waals surface area contributed by atoms with E-state index >= 15 is 0 Å². The van der Waals surface area contributed by atoms with Crippen LogP contribution in [0.15, 0.2) is 11.4 Å². The van der Waals surface area contributed by atoms with Gasteiger partial charge in [-0.05, 0) is 30.4 Å². The van der Waals surface area contributed by atoms with Crippen LogP contribution in [0.1, 0.15) is 29.3 Å². The highest BCUT2D eigenvalue weighted by Gasteiger charge is 2.35. The fourth-order valence-electron chi connectivity index (χ4n) is 2.45. The van der Waals surface area contributed by atoms with Gasteiger partial charge in [0.25, 0.3) is 0 Å². The third kappa shape index (κ3) is 2.58. The molecule has 1 aliphatic rings. The number of carbonyl (C=O) groups excluding carboxylic acids is 1. The molecule has 1 aliphatic heterocycles. The molecule has 1 aromatic rings. The van der Waals surface area contributed by atoms with Gasteiger partial charge < -0.3 is 15.4 Å². The average Bonchev–Trinajstić information content (AvgIpc) is 2.76. The molecule has 0 aromatic carbocycles. The first kappa shape index (κ1) is 13.5. The molecule has 0 aliphatic carbocycles. The van der Waals surface area contributed by atoms with Crippen molar-refractivity contribution in [1.82, 2.24) is 4.90 Å². The first-order valence-electron chi connectivity index (χ1n) is 6.23. The van der Waals surface area contributed by atoms with Gasteiger partial charge in [-0.3, -0.25) is 4.79 Å². The largest absolute Gasteiger partial charge is 0.383 e. The van der Waals surface area contributed by atoms with Crippen molar-refractivity contribution in [2.75, 3.05) is 20.3 Å². The number of carbonyl (C=O) groups is 1. The molecule has 1 amide bonds. The Morgan fingerprint density at radius 2 is 2.39 bits per heavy atom. The first-order chi connectivity index (χ1) is 8.65. The van der Waals surface area contributed by atoms with Crippen molar-refractivity contribution in [2.24, 2.45) is 5.73 Å².